The van der Waals surface area contributed by atoms with Crippen molar-refractivity contribution in [3.8, 4) is 11.5 Å². The van der Waals surface area contributed by atoms with Gasteiger partial charge in [-0.25, -0.2) is 0 Å². The molecule has 0 aromatic heterocycles. The summed E-state index contributed by atoms with van der Waals surface area (Å²) in [5, 5.41) is 5.47. The maximum atomic E-state index is 12.1. The minimum atomic E-state index is -0.248. The quantitative estimate of drug-likeness (QED) is 0.432. The van der Waals surface area contributed by atoms with Gasteiger partial charge in [0, 0.05) is 30.5 Å². The molecule has 8 nitrogen and oxygen atoms in total. The maximum Gasteiger partial charge on any atom is 0.250 e. The van der Waals surface area contributed by atoms with Crippen LogP contribution in [0.2, 0.25) is 0 Å². The lowest BCUT2D eigenvalue weighted by molar-refractivity contribution is -0.119. The Hall–Kier alpha value is -3.39. The number of amides is 2. The van der Waals surface area contributed by atoms with E-state index >= 15 is 0 Å². The van der Waals surface area contributed by atoms with Crippen LogP contribution in [0.3, 0.4) is 0 Å². The average molecular weight is 414 g/mol. The van der Waals surface area contributed by atoms with Crippen molar-refractivity contribution in [2.24, 2.45) is 0 Å². The Bertz CT molecular complexity index is 880. The van der Waals surface area contributed by atoms with Crippen LogP contribution < -0.4 is 20.1 Å². The topological polar surface area (TPSA) is 103 Å². The van der Waals surface area contributed by atoms with Gasteiger partial charge in [-0.1, -0.05) is 0 Å². The molecule has 0 aliphatic carbocycles. The third-order valence-corrected chi connectivity index (χ3v) is 4.10. The number of Topliss-reactive ketones (excluding diaryl/α,β-unsaturated/α-hetero) is 1. The number of hydrogen-bond donors (Lipinski definition) is 2. The van der Waals surface area contributed by atoms with Gasteiger partial charge in [-0.2, -0.15) is 0 Å². The first-order valence-electron chi connectivity index (χ1n) is 9.43. The number of methoxy groups -OCH3 is 2. The highest BCUT2D eigenvalue weighted by Crippen LogP contribution is 2.28. The van der Waals surface area contributed by atoms with Crippen molar-refractivity contribution < 1.29 is 28.6 Å². The highest BCUT2D eigenvalue weighted by atomic mass is 16.5. The third-order valence-electron chi connectivity index (χ3n) is 4.10. The number of ether oxygens (including phenoxy) is 3. The van der Waals surface area contributed by atoms with Gasteiger partial charge in [0.2, 0.25) is 11.8 Å². The average Bonchev–Trinajstić information content (AvgIpc) is 2.72. The van der Waals surface area contributed by atoms with Crippen molar-refractivity contribution in [2.75, 3.05) is 38.1 Å². The lowest BCUT2D eigenvalue weighted by atomic mass is 10.1. The van der Waals surface area contributed by atoms with Gasteiger partial charge < -0.3 is 24.8 Å². The molecule has 2 amide bonds. The van der Waals surface area contributed by atoms with E-state index in [2.05, 4.69) is 10.6 Å². The summed E-state index contributed by atoms with van der Waals surface area (Å²) in [4.78, 5) is 35.0. The second-order valence-corrected chi connectivity index (χ2v) is 6.48. The zero-order valence-corrected chi connectivity index (χ0v) is 17.3. The lowest BCUT2D eigenvalue weighted by Crippen LogP contribution is -2.17. The minimum absolute atomic E-state index is 0.0205. The summed E-state index contributed by atoms with van der Waals surface area (Å²) in [6, 6.07) is 11.8. The number of rotatable bonds is 11. The van der Waals surface area contributed by atoms with Crippen LogP contribution in [0.25, 0.3) is 0 Å². The van der Waals surface area contributed by atoms with Crippen molar-refractivity contribution >= 4 is 29.0 Å². The first kappa shape index (κ1) is 22.9. The van der Waals surface area contributed by atoms with Gasteiger partial charge in [0.25, 0.3) is 0 Å². The number of ketones is 1. The van der Waals surface area contributed by atoms with E-state index in [-0.39, 0.29) is 30.6 Å². The van der Waals surface area contributed by atoms with Crippen LogP contribution in [-0.4, -0.2) is 45.0 Å². The zero-order chi connectivity index (χ0) is 21.9. The summed E-state index contributed by atoms with van der Waals surface area (Å²) in [5.41, 5.74) is 1.79. The number of carbonyl (C=O) groups excluding carboxylic acids is 3. The van der Waals surface area contributed by atoms with Crippen LogP contribution in [0.15, 0.2) is 42.5 Å². The van der Waals surface area contributed by atoms with Crippen LogP contribution in [-0.2, 0) is 14.3 Å². The van der Waals surface area contributed by atoms with Gasteiger partial charge in [0.15, 0.2) is 17.3 Å². The Labute approximate surface area is 175 Å². The molecule has 0 atom stereocenters. The van der Waals surface area contributed by atoms with Crippen LogP contribution in [0.4, 0.5) is 11.4 Å². The van der Waals surface area contributed by atoms with Crippen LogP contribution in [0.1, 0.15) is 30.1 Å². The lowest BCUT2D eigenvalue weighted by Gasteiger charge is -2.12. The summed E-state index contributed by atoms with van der Waals surface area (Å²) in [6.45, 7) is 1.79. The van der Waals surface area contributed by atoms with E-state index in [4.69, 9.17) is 14.2 Å². The molecule has 2 rings (SSSR count). The van der Waals surface area contributed by atoms with Crippen molar-refractivity contribution in [3.05, 3.63) is 48.0 Å². The minimum Gasteiger partial charge on any atom is -0.493 e. The molecule has 0 fully saturated rings. The summed E-state index contributed by atoms with van der Waals surface area (Å²) in [6.07, 6.45) is 0.786. The van der Waals surface area contributed by atoms with Crippen LogP contribution in [0.5, 0.6) is 11.5 Å². The van der Waals surface area contributed by atoms with Crippen molar-refractivity contribution in [3.63, 3.8) is 0 Å². The molecule has 0 saturated carbocycles. The summed E-state index contributed by atoms with van der Waals surface area (Å²) in [5.74, 6) is 0.552. The van der Waals surface area contributed by atoms with Gasteiger partial charge in [0.05, 0.1) is 13.7 Å². The van der Waals surface area contributed by atoms with Crippen molar-refractivity contribution in [2.45, 2.75) is 19.8 Å². The predicted octanol–water partition coefficient (Wildman–Crippen LogP) is 3.28. The molecule has 0 radical (unpaired) electrons. The monoisotopic (exact) mass is 414 g/mol. The van der Waals surface area contributed by atoms with Gasteiger partial charge in [-0.05, 0) is 55.8 Å². The maximum absolute atomic E-state index is 12.1. The molecule has 2 N–H and O–H groups in total. The number of benzene rings is 2. The number of anilines is 2. The van der Waals surface area contributed by atoms with Gasteiger partial charge >= 0.3 is 0 Å². The van der Waals surface area contributed by atoms with Gasteiger partial charge in [-0.3, -0.25) is 14.4 Å². The molecule has 0 saturated heterocycles. The molecule has 2 aromatic rings. The molecule has 160 valence electrons. The second kappa shape index (κ2) is 11.6. The van der Waals surface area contributed by atoms with Gasteiger partial charge in [0.1, 0.15) is 6.61 Å². The molecule has 2 aromatic carbocycles. The van der Waals surface area contributed by atoms with E-state index in [1.54, 1.807) is 42.5 Å². The molecule has 8 heteroatoms. The Balaban J connectivity index is 1.76. The third kappa shape index (κ3) is 7.21. The highest BCUT2D eigenvalue weighted by molar-refractivity contribution is 5.95. The largest absolute Gasteiger partial charge is 0.493 e. The zero-order valence-electron chi connectivity index (χ0n) is 17.3. The smallest absolute Gasteiger partial charge is 0.250 e. The fourth-order valence-corrected chi connectivity index (χ4v) is 2.61. The van der Waals surface area contributed by atoms with Crippen LogP contribution in [0, 0.1) is 0 Å². The van der Waals surface area contributed by atoms with Gasteiger partial charge in [-0.15, -0.1) is 0 Å². The van der Waals surface area contributed by atoms with E-state index in [1.807, 2.05) is 0 Å². The molecule has 30 heavy (non-hydrogen) atoms. The second-order valence-electron chi connectivity index (χ2n) is 6.48. The molecular weight excluding hydrogens is 388 g/mol. The van der Waals surface area contributed by atoms with E-state index in [0.717, 1.165) is 0 Å². The number of carbonyl (C=O) groups is 3. The van der Waals surface area contributed by atoms with Crippen LogP contribution >= 0.6 is 0 Å². The standard InChI is InChI=1S/C22H26N2O6/c1-15(25)16-6-11-19(20(13-16)29-3)30-12-4-5-21(26)23-17-7-9-18(10-8-17)24-22(27)14-28-2/h6-11,13H,4-5,12,14H2,1-3H3,(H,23,26)(H,24,27). The first-order chi connectivity index (χ1) is 14.4. The fourth-order valence-electron chi connectivity index (χ4n) is 2.61. The molecule has 0 unspecified atom stereocenters. The first-order valence-corrected chi connectivity index (χ1v) is 9.43. The molecule has 0 aliphatic heterocycles. The normalized spacial score (nSPS) is 10.2. The van der Waals surface area contributed by atoms with Crippen molar-refractivity contribution in [1.29, 1.82) is 0 Å². The molecular formula is C22H26N2O6. The molecule has 0 bridgehead atoms. The van der Waals surface area contributed by atoms with E-state index in [0.29, 0.717) is 41.5 Å². The fraction of sp³-hybridized carbons (Fsp3) is 0.318. The Morgan fingerprint density at radius 1 is 0.867 bits per heavy atom. The van der Waals surface area contributed by atoms with E-state index < -0.39 is 0 Å². The molecule has 0 aliphatic rings. The Morgan fingerprint density at radius 2 is 1.50 bits per heavy atom. The van der Waals surface area contributed by atoms with Crippen molar-refractivity contribution in [1.82, 2.24) is 0 Å². The predicted molar refractivity (Wildman–Crippen MR) is 113 cm³/mol. The summed E-state index contributed by atoms with van der Waals surface area (Å²) >= 11 is 0. The Morgan fingerprint density at radius 3 is 2.07 bits per heavy atom. The number of nitrogens with one attached hydrogen (secondary N) is 2. The number of hydrogen-bond acceptors (Lipinski definition) is 6. The van der Waals surface area contributed by atoms with E-state index in [9.17, 15) is 14.4 Å². The SMILES string of the molecule is COCC(=O)Nc1ccc(NC(=O)CCCOc2ccc(C(C)=O)cc2OC)cc1. The molecule has 0 heterocycles. The molecule has 0 spiro atoms. The summed E-state index contributed by atoms with van der Waals surface area (Å²) in [7, 11) is 2.96. The van der Waals surface area contributed by atoms with E-state index in [1.165, 1.54) is 21.1 Å². The Kier molecular flexibility index (Phi) is 8.83. The highest BCUT2D eigenvalue weighted by Gasteiger charge is 2.09. The summed E-state index contributed by atoms with van der Waals surface area (Å²) < 4.78 is 15.7.